The first kappa shape index (κ1) is 19.6. The SMILES string of the molecule is COc1nc(NP(=O)(OC(C)(C)C)OC(C)(C)C)nc(OC)n1. The molecule has 0 aliphatic carbocycles. The zero-order valence-electron chi connectivity index (χ0n) is 14.8. The number of anilines is 1. The maximum absolute atomic E-state index is 13.1. The molecule has 0 atom stereocenters. The molecule has 1 rings (SSSR count). The minimum Gasteiger partial charge on any atom is -0.467 e. The van der Waals surface area contributed by atoms with Gasteiger partial charge < -0.3 is 9.47 Å². The van der Waals surface area contributed by atoms with Gasteiger partial charge in [0.2, 0.25) is 5.95 Å². The topological polar surface area (TPSA) is 105 Å². The lowest BCUT2D eigenvalue weighted by Gasteiger charge is -2.31. The van der Waals surface area contributed by atoms with Crippen molar-refractivity contribution in [3.63, 3.8) is 0 Å². The molecule has 0 radical (unpaired) electrons. The van der Waals surface area contributed by atoms with Crippen LogP contribution in [0, 0.1) is 0 Å². The van der Waals surface area contributed by atoms with Crippen LogP contribution in [-0.4, -0.2) is 40.4 Å². The van der Waals surface area contributed by atoms with E-state index in [2.05, 4.69) is 20.0 Å². The minimum absolute atomic E-state index is 0.0115. The minimum atomic E-state index is -3.76. The Labute approximate surface area is 136 Å². The molecule has 1 heterocycles. The quantitative estimate of drug-likeness (QED) is 0.776. The lowest BCUT2D eigenvalue weighted by molar-refractivity contribution is 0.0518. The van der Waals surface area contributed by atoms with Gasteiger partial charge in [-0.3, -0.25) is 14.1 Å². The van der Waals surface area contributed by atoms with Crippen LogP contribution in [0.15, 0.2) is 0 Å². The van der Waals surface area contributed by atoms with Gasteiger partial charge in [-0.25, -0.2) is 4.57 Å². The Hall–Kier alpha value is -1.44. The zero-order chi connectivity index (χ0) is 17.9. The number of hydrogen-bond donors (Lipinski definition) is 1. The maximum atomic E-state index is 13.1. The third kappa shape index (κ3) is 7.11. The zero-order valence-corrected chi connectivity index (χ0v) is 15.7. The molecule has 0 spiro atoms. The molecule has 0 aliphatic rings. The summed E-state index contributed by atoms with van der Waals surface area (Å²) in [5.41, 5.74) is -1.43. The largest absolute Gasteiger partial charge is 0.467 e. The number of nitrogens with one attached hydrogen (secondary N) is 1. The highest BCUT2D eigenvalue weighted by Crippen LogP contribution is 2.53. The number of ether oxygens (including phenoxy) is 2. The van der Waals surface area contributed by atoms with Crippen molar-refractivity contribution in [1.29, 1.82) is 0 Å². The van der Waals surface area contributed by atoms with Gasteiger partial charge in [0.25, 0.3) is 0 Å². The van der Waals surface area contributed by atoms with Crippen LogP contribution in [0.1, 0.15) is 41.5 Å². The molecule has 132 valence electrons. The Kier molecular flexibility index (Phi) is 5.95. The second-order valence-electron chi connectivity index (χ2n) is 6.65. The summed E-state index contributed by atoms with van der Waals surface area (Å²) < 4.78 is 34.2. The molecule has 1 N–H and O–H groups in total. The van der Waals surface area contributed by atoms with Gasteiger partial charge in [0, 0.05) is 0 Å². The molecule has 1 aromatic heterocycles. The van der Waals surface area contributed by atoms with Crippen LogP contribution in [0.4, 0.5) is 5.95 Å². The van der Waals surface area contributed by atoms with Crippen molar-refractivity contribution < 1.29 is 23.1 Å². The first-order valence-corrected chi connectivity index (χ1v) is 8.54. The van der Waals surface area contributed by atoms with Gasteiger partial charge in [-0.2, -0.15) is 9.97 Å². The fraction of sp³-hybridized carbons (Fsp3) is 0.769. The molecule has 0 amide bonds. The van der Waals surface area contributed by atoms with E-state index in [1.165, 1.54) is 14.2 Å². The summed E-state index contributed by atoms with van der Waals surface area (Å²) >= 11 is 0. The van der Waals surface area contributed by atoms with Crippen molar-refractivity contribution in [3.8, 4) is 12.0 Å². The van der Waals surface area contributed by atoms with E-state index in [1.54, 1.807) is 41.5 Å². The Bertz CT molecular complexity index is 540. The van der Waals surface area contributed by atoms with Gasteiger partial charge >= 0.3 is 19.8 Å². The second-order valence-corrected chi connectivity index (χ2v) is 8.23. The first-order chi connectivity index (χ1) is 10.4. The summed E-state index contributed by atoms with van der Waals surface area (Å²) in [6.45, 7) is 10.6. The van der Waals surface area contributed by atoms with Crippen LogP contribution >= 0.6 is 7.75 Å². The predicted octanol–water partition coefficient (Wildman–Crippen LogP) is 3.04. The van der Waals surface area contributed by atoms with Crippen molar-refractivity contribution in [2.75, 3.05) is 19.3 Å². The van der Waals surface area contributed by atoms with Gasteiger partial charge in [0.1, 0.15) is 0 Å². The van der Waals surface area contributed by atoms with Crippen LogP contribution in [-0.2, 0) is 13.6 Å². The summed E-state index contributed by atoms with van der Waals surface area (Å²) in [5.74, 6) is -0.0365. The molecule has 0 aromatic carbocycles. The fourth-order valence-corrected chi connectivity index (χ4v) is 3.39. The van der Waals surface area contributed by atoms with Gasteiger partial charge in [-0.1, -0.05) is 0 Å². The van der Waals surface area contributed by atoms with Gasteiger partial charge in [-0.05, 0) is 41.5 Å². The highest BCUT2D eigenvalue weighted by molar-refractivity contribution is 7.55. The fourth-order valence-electron chi connectivity index (χ4n) is 1.48. The van der Waals surface area contributed by atoms with Crippen molar-refractivity contribution in [1.82, 2.24) is 15.0 Å². The number of aromatic nitrogens is 3. The molecule has 9 nitrogen and oxygen atoms in total. The van der Waals surface area contributed by atoms with Crippen molar-refractivity contribution in [3.05, 3.63) is 0 Å². The molecule has 23 heavy (non-hydrogen) atoms. The average Bonchev–Trinajstić information content (AvgIpc) is 2.32. The second kappa shape index (κ2) is 6.98. The first-order valence-electron chi connectivity index (χ1n) is 7.00. The molecule has 10 heteroatoms. The molecular weight excluding hydrogens is 323 g/mol. The van der Waals surface area contributed by atoms with Crippen LogP contribution in [0.25, 0.3) is 0 Å². The average molecular weight is 348 g/mol. The van der Waals surface area contributed by atoms with Crippen molar-refractivity contribution in [2.24, 2.45) is 0 Å². The molecule has 0 saturated heterocycles. The predicted molar refractivity (Wildman–Crippen MR) is 85.8 cm³/mol. The molecule has 1 aromatic rings. The molecule has 0 aliphatic heterocycles. The smallest absolute Gasteiger partial charge is 0.436 e. The van der Waals surface area contributed by atoms with E-state index in [-0.39, 0.29) is 18.0 Å². The van der Waals surface area contributed by atoms with Crippen molar-refractivity contribution >= 4 is 13.7 Å². The van der Waals surface area contributed by atoms with E-state index in [0.717, 1.165) is 0 Å². The molecular formula is C13H25N4O5P. The summed E-state index contributed by atoms with van der Waals surface area (Å²) in [4.78, 5) is 11.8. The van der Waals surface area contributed by atoms with Gasteiger partial charge in [-0.15, -0.1) is 4.98 Å². The monoisotopic (exact) mass is 348 g/mol. The third-order valence-electron chi connectivity index (χ3n) is 1.98. The third-order valence-corrected chi connectivity index (χ3v) is 4.03. The molecule has 0 unspecified atom stereocenters. The van der Waals surface area contributed by atoms with Gasteiger partial charge in [0.15, 0.2) is 0 Å². The van der Waals surface area contributed by atoms with Crippen LogP contribution in [0.2, 0.25) is 0 Å². The normalized spacial score (nSPS) is 12.9. The maximum Gasteiger partial charge on any atom is 0.436 e. The van der Waals surface area contributed by atoms with E-state index in [1.807, 2.05) is 0 Å². The number of rotatable bonds is 6. The highest BCUT2D eigenvalue weighted by atomic mass is 31.2. The summed E-state index contributed by atoms with van der Waals surface area (Å²) in [6, 6.07) is 0.0230. The van der Waals surface area contributed by atoms with Crippen LogP contribution < -0.4 is 14.6 Å². The molecule has 0 bridgehead atoms. The number of hydrogen-bond acceptors (Lipinski definition) is 8. The molecule has 0 fully saturated rings. The van der Waals surface area contributed by atoms with E-state index in [4.69, 9.17) is 18.5 Å². The molecule has 0 saturated carbocycles. The number of methoxy groups -OCH3 is 2. The Balaban J connectivity index is 3.17. The van der Waals surface area contributed by atoms with E-state index >= 15 is 0 Å². The Morgan fingerprint density at radius 3 is 1.52 bits per heavy atom. The van der Waals surface area contributed by atoms with Crippen LogP contribution in [0.3, 0.4) is 0 Å². The van der Waals surface area contributed by atoms with Crippen LogP contribution in [0.5, 0.6) is 12.0 Å². The van der Waals surface area contributed by atoms with E-state index in [0.29, 0.717) is 0 Å². The van der Waals surface area contributed by atoms with E-state index in [9.17, 15) is 4.57 Å². The highest BCUT2D eigenvalue weighted by Gasteiger charge is 2.36. The van der Waals surface area contributed by atoms with Gasteiger partial charge in [0.05, 0.1) is 25.4 Å². The van der Waals surface area contributed by atoms with Crippen molar-refractivity contribution in [2.45, 2.75) is 52.7 Å². The Morgan fingerprint density at radius 1 is 0.826 bits per heavy atom. The standard InChI is InChI=1S/C13H25N4O5P/c1-12(2,3)21-23(18,22-13(4,5)6)17-9-14-10(19-7)16-11(15-9)20-8/h1-8H3,(H,14,15,16,17,18). The summed E-state index contributed by atoms with van der Waals surface area (Å²) in [6.07, 6.45) is 0. The summed E-state index contributed by atoms with van der Waals surface area (Å²) in [7, 11) is -0.962. The lowest BCUT2D eigenvalue weighted by atomic mass is 10.2. The van der Waals surface area contributed by atoms with E-state index < -0.39 is 18.9 Å². The summed E-state index contributed by atoms with van der Waals surface area (Å²) in [5, 5.41) is 2.61. The lowest BCUT2D eigenvalue weighted by Crippen LogP contribution is -2.26. The Morgan fingerprint density at radius 2 is 1.22 bits per heavy atom. The number of nitrogens with zero attached hydrogens (tertiary/aromatic N) is 3.